The van der Waals surface area contributed by atoms with Crippen LogP contribution in [0.25, 0.3) is 0 Å². The number of pyridine rings is 1. The zero-order valence-electron chi connectivity index (χ0n) is 10.3. The fourth-order valence-corrected chi connectivity index (χ4v) is 1.94. The number of aromatic nitrogens is 1. The van der Waals surface area contributed by atoms with E-state index in [1.165, 1.54) is 5.56 Å². The number of aryl methyl sites for hydroxylation is 1. The number of hydrogen-bond acceptors (Lipinski definition) is 3. The van der Waals surface area contributed by atoms with Crippen molar-refractivity contribution in [3.05, 3.63) is 46.7 Å². The maximum atomic E-state index is 5.76. The predicted molar refractivity (Wildman–Crippen MR) is 74.4 cm³/mol. The van der Waals surface area contributed by atoms with Gasteiger partial charge in [-0.1, -0.05) is 13.0 Å². The van der Waals surface area contributed by atoms with E-state index in [-0.39, 0.29) is 0 Å². The lowest BCUT2D eigenvalue weighted by molar-refractivity contribution is 0.378. The van der Waals surface area contributed by atoms with Gasteiger partial charge in [0.1, 0.15) is 5.75 Å². The molecule has 0 spiro atoms. The monoisotopic (exact) mass is 307 g/mol. The molecule has 0 unspecified atom stereocenters. The van der Waals surface area contributed by atoms with Crippen LogP contribution < -0.4 is 9.47 Å². The molecule has 0 N–H and O–H groups in total. The second-order valence-corrected chi connectivity index (χ2v) is 4.70. The Hall–Kier alpha value is -1.55. The van der Waals surface area contributed by atoms with Crippen molar-refractivity contribution in [1.29, 1.82) is 0 Å². The van der Waals surface area contributed by atoms with Crippen molar-refractivity contribution >= 4 is 15.9 Å². The Kier molecular flexibility index (Phi) is 4.20. The number of rotatable bonds is 4. The van der Waals surface area contributed by atoms with Gasteiger partial charge < -0.3 is 9.47 Å². The molecule has 2 rings (SSSR count). The first-order valence-corrected chi connectivity index (χ1v) is 6.47. The highest BCUT2D eigenvalue weighted by Gasteiger charge is 2.07. The first-order valence-electron chi connectivity index (χ1n) is 5.68. The van der Waals surface area contributed by atoms with E-state index in [1.807, 2.05) is 24.3 Å². The molecule has 0 saturated heterocycles. The molecule has 1 heterocycles. The Balaban J connectivity index is 2.28. The molecule has 0 atom stereocenters. The van der Waals surface area contributed by atoms with E-state index in [9.17, 15) is 0 Å². The molecule has 3 nitrogen and oxygen atoms in total. The summed E-state index contributed by atoms with van der Waals surface area (Å²) in [6, 6.07) is 7.79. The third kappa shape index (κ3) is 3.01. The Morgan fingerprint density at radius 1 is 1.17 bits per heavy atom. The summed E-state index contributed by atoms with van der Waals surface area (Å²) in [5, 5.41) is 0. The number of methoxy groups -OCH3 is 1. The van der Waals surface area contributed by atoms with Crippen molar-refractivity contribution in [2.45, 2.75) is 13.3 Å². The second-order valence-electron chi connectivity index (χ2n) is 3.78. The first-order chi connectivity index (χ1) is 8.72. The van der Waals surface area contributed by atoms with E-state index in [0.717, 1.165) is 16.6 Å². The summed E-state index contributed by atoms with van der Waals surface area (Å²) in [6.07, 6.45) is 4.34. The van der Waals surface area contributed by atoms with Crippen molar-refractivity contribution in [3.63, 3.8) is 0 Å². The summed E-state index contributed by atoms with van der Waals surface area (Å²) in [5.74, 6) is 2.09. The highest BCUT2D eigenvalue weighted by atomic mass is 79.9. The summed E-state index contributed by atoms with van der Waals surface area (Å²) in [5.41, 5.74) is 1.21. The summed E-state index contributed by atoms with van der Waals surface area (Å²) >= 11 is 3.36. The fraction of sp³-hybridized carbons (Fsp3) is 0.214. The molecule has 0 aliphatic carbocycles. The van der Waals surface area contributed by atoms with E-state index < -0.39 is 0 Å². The number of halogens is 1. The summed E-state index contributed by atoms with van der Waals surface area (Å²) in [6.45, 7) is 2.10. The molecule has 0 aliphatic rings. The zero-order valence-corrected chi connectivity index (χ0v) is 11.9. The van der Waals surface area contributed by atoms with Gasteiger partial charge in [-0.25, -0.2) is 0 Å². The quantitative estimate of drug-likeness (QED) is 0.848. The molecular weight excluding hydrogens is 294 g/mol. The average molecular weight is 308 g/mol. The molecule has 0 amide bonds. The Morgan fingerprint density at radius 3 is 2.67 bits per heavy atom. The maximum Gasteiger partial charge on any atom is 0.169 e. The Bertz CT molecular complexity index is 543. The summed E-state index contributed by atoms with van der Waals surface area (Å²) in [4.78, 5) is 4.06. The molecule has 0 saturated carbocycles. The minimum Gasteiger partial charge on any atom is -0.493 e. The zero-order chi connectivity index (χ0) is 13.0. The lowest BCUT2D eigenvalue weighted by atomic mass is 10.1. The van der Waals surface area contributed by atoms with E-state index in [4.69, 9.17) is 9.47 Å². The predicted octanol–water partition coefficient (Wildman–Crippen LogP) is 4.21. The van der Waals surface area contributed by atoms with Gasteiger partial charge in [-0.15, -0.1) is 0 Å². The highest BCUT2D eigenvalue weighted by molar-refractivity contribution is 9.10. The van der Waals surface area contributed by atoms with Crippen LogP contribution in [-0.2, 0) is 6.42 Å². The molecule has 0 aliphatic heterocycles. The molecule has 4 heteroatoms. The van der Waals surface area contributed by atoms with Crippen molar-refractivity contribution in [3.8, 4) is 17.2 Å². The SMILES string of the molecule is CCc1ccc(Oc2cncc(Br)c2)c(OC)c1. The van der Waals surface area contributed by atoms with E-state index in [1.54, 1.807) is 19.5 Å². The third-order valence-electron chi connectivity index (χ3n) is 2.54. The number of nitrogens with zero attached hydrogens (tertiary/aromatic N) is 1. The largest absolute Gasteiger partial charge is 0.493 e. The molecule has 0 bridgehead atoms. The minimum atomic E-state index is 0.673. The van der Waals surface area contributed by atoms with Gasteiger partial charge in [-0.3, -0.25) is 4.98 Å². The van der Waals surface area contributed by atoms with Gasteiger partial charge in [0.05, 0.1) is 13.3 Å². The van der Waals surface area contributed by atoms with Crippen molar-refractivity contribution in [2.75, 3.05) is 7.11 Å². The normalized spacial score (nSPS) is 10.2. The third-order valence-corrected chi connectivity index (χ3v) is 2.98. The van der Waals surface area contributed by atoms with Crippen LogP contribution in [0.4, 0.5) is 0 Å². The lowest BCUT2D eigenvalue weighted by Gasteiger charge is -2.11. The van der Waals surface area contributed by atoms with Crippen molar-refractivity contribution in [2.24, 2.45) is 0 Å². The van der Waals surface area contributed by atoms with Crippen LogP contribution in [0.15, 0.2) is 41.1 Å². The molecule has 18 heavy (non-hydrogen) atoms. The number of hydrogen-bond donors (Lipinski definition) is 0. The summed E-state index contributed by atoms with van der Waals surface area (Å²) in [7, 11) is 1.64. The molecular formula is C14H14BrNO2. The van der Waals surface area contributed by atoms with Crippen LogP contribution in [0.3, 0.4) is 0 Å². The van der Waals surface area contributed by atoms with Crippen LogP contribution in [0.5, 0.6) is 17.2 Å². The number of ether oxygens (including phenoxy) is 2. The lowest BCUT2D eigenvalue weighted by Crippen LogP contribution is -1.92. The Labute approximate surface area is 115 Å². The maximum absolute atomic E-state index is 5.76. The van der Waals surface area contributed by atoms with Crippen LogP contribution in [0.2, 0.25) is 0 Å². The minimum absolute atomic E-state index is 0.673. The van der Waals surface area contributed by atoms with Crippen LogP contribution in [0.1, 0.15) is 12.5 Å². The van der Waals surface area contributed by atoms with E-state index >= 15 is 0 Å². The standard InChI is InChI=1S/C14H14BrNO2/c1-3-10-4-5-13(14(6-10)17-2)18-12-7-11(15)8-16-9-12/h4-9H,3H2,1-2H3. The van der Waals surface area contributed by atoms with Gasteiger partial charge >= 0.3 is 0 Å². The van der Waals surface area contributed by atoms with Gasteiger partial charge in [0.2, 0.25) is 0 Å². The molecule has 1 aromatic carbocycles. The molecule has 0 fully saturated rings. The highest BCUT2D eigenvalue weighted by Crippen LogP contribution is 2.32. The van der Waals surface area contributed by atoms with Gasteiger partial charge in [-0.05, 0) is 46.1 Å². The van der Waals surface area contributed by atoms with Crippen LogP contribution in [-0.4, -0.2) is 12.1 Å². The smallest absolute Gasteiger partial charge is 0.169 e. The van der Waals surface area contributed by atoms with E-state index in [2.05, 4.69) is 27.8 Å². The van der Waals surface area contributed by atoms with Crippen LogP contribution in [0, 0.1) is 0 Å². The molecule has 2 aromatic rings. The first kappa shape index (κ1) is 12.9. The van der Waals surface area contributed by atoms with Gasteiger partial charge in [0.15, 0.2) is 11.5 Å². The Morgan fingerprint density at radius 2 is 2.00 bits per heavy atom. The van der Waals surface area contributed by atoms with E-state index in [0.29, 0.717) is 11.5 Å². The van der Waals surface area contributed by atoms with Crippen LogP contribution >= 0.6 is 15.9 Å². The number of benzene rings is 1. The van der Waals surface area contributed by atoms with Crippen molar-refractivity contribution in [1.82, 2.24) is 4.98 Å². The van der Waals surface area contributed by atoms with Gasteiger partial charge in [-0.2, -0.15) is 0 Å². The molecule has 0 radical (unpaired) electrons. The van der Waals surface area contributed by atoms with Gasteiger partial charge in [0.25, 0.3) is 0 Å². The molecule has 94 valence electrons. The van der Waals surface area contributed by atoms with Crippen molar-refractivity contribution < 1.29 is 9.47 Å². The molecule has 1 aromatic heterocycles. The average Bonchev–Trinajstić information content (AvgIpc) is 2.39. The second kappa shape index (κ2) is 5.87. The topological polar surface area (TPSA) is 31.4 Å². The van der Waals surface area contributed by atoms with Gasteiger partial charge in [0, 0.05) is 10.7 Å². The fourth-order valence-electron chi connectivity index (χ4n) is 1.59. The summed E-state index contributed by atoms with van der Waals surface area (Å²) < 4.78 is 12.0.